The first-order valence-electron chi connectivity index (χ1n) is 9.45. The van der Waals surface area contributed by atoms with E-state index in [1.807, 2.05) is 0 Å². The molecular formula is C21H18ClF2N5O3. The Morgan fingerprint density at radius 3 is 2.78 bits per heavy atom. The fourth-order valence-corrected chi connectivity index (χ4v) is 3.73. The monoisotopic (exact) mass is 461 g/mol. The van der Waals surface area contributed by atoms with Crippen LogP contribution in [0.15, 0.2) is 60.1 Å². The third-order valence-electron chi connectivity index (χ3n) is 4.88. The number of methoxy groups -OCH3 is 1. The van der Waals surface area contributed by atoms with Crippen molar-refractivity contribution in [1.29, 1.82) is 0 Å². The molecule has 0 unspecified atom stereocenters. The maximum absolute atomic E-state index is 13.4. The summed E-state index contributed by atoms with van der Waals surface area (Å²) >= 11 is 6.17. The van der Waals surface area contributed by atoms with E-state index in [1.165, 1.54) is 36.3 Å². The average molecular weight is 462 g/mol. The molecule has 1 aliphatic heterocycles. The topological polar surface area (TPSA) is 90.3 Å². The van der Waals surface area contributed by atoms with Gasteiger partial charge in [0.25, 0.3) is 5.91 Å². The summed E-state index contributed by atoms with van der Waals surface area (Å²) in [4.78, 5) is 17.6. The lowest BCUT2D eigenvalue weighted by Crippen LogP contribution is -2.32. The molecule has 3 aromatic rings. The Morgan fingerprint density at radius 2 is 2.03 bits per heavy atom. The van der Waals surface area contributed by atoms with Crippen molar-refractivity contribution in [3.63, 3.8) is 0 Å². The second kappa shape index (κ2) is 8.83. The van der Waals surface area contributed by atoms with Crippen LogP contribution in [0.4, 0.5) is 20.4 Å². The van der Waals surface area contributed by atoms with Crippen molar-refractivity contribution in [2.45, 2.75) is 19.6 Å². The smallest absolute Gasteiger partial charge is 0.387 e. The minimum absolute atomic E-state index is 0.131. The molecule has 4 rings (SSSR count). The Labute approximate surface area is 186 Å². The Bertz CT molecular complexity index is 1200. The molecule has 2 N–H and O–H groups in total. The van der Waals surface area contributed by atoms with Gasteiger partial charge in [0.05, 0.1) is 18.4 Å². The van der Waals surface area contributed by atoms with E-state index < -0.39 is 18.6 Å². The minimum Gasteiger partial charge on any atom is -0.495 e. The zero-order valence-corrected chi connectivity index (χ0v) is 17.7. The van der Waals surface area contributed by atoms with Gasteiger partial charge < -0.3 is 20.1 Å². The lowest BCUT2D eigenvalue weighted by atomic mass is 9.94. The molecule has 1 atom stereocenters. The van der Waals surface area contributed by atoms with Crippen LogP contribution in [0.3, 0.4) is 0 Å². The molecule has 0 radical (unpaired) electrons. The van der Waals surface area contributed by atoms with Gasteiger partial charge in [0.15, 0.2) is 0 Å². The number of halogens is 3. The second-order valence-electron chi connectivity index (χ2n) is 6.81. The predicted octanol–water partition coefficient (Wildman–Crippen LogP) is 4.47. The molecule has 166 valence electrons. The average Bonchev–Trinajstić information content (AvgIpc) is 3.22. The highest BCUT2D eigenvalue weighted by Crippen LogP contribution is 2.41. The third kappa shape index (κ3) is 4.09. The molecule has 11 heteroatoms. The molecule has 2 heterocycles. The Hall–Kier alpha value is -3.66. The molecule has 0 saturated heterocycles. The number of carbonyl (C=O) groups excluding carboxylic acids is 1. The summed E-state index contributed by atoms with van der Waals surface area (Å²) < 4.78 is 37.6. The van der Waals surface area contributed by atoms with Crippen molar-refractivity contribution in [2.24, 2.45) is 0 Å². The van der Waals surface area contributed by atoms with Crippen LogP contribution in [0, 0.1) is 0 Å². The number of aromatic nitrogens is 3. The molecule has 2 aromatic carbocycles. The van der Waals surface area contributed by atoms with Gasteiger partial charge in [0.2, 0.25) is 5.95 Å². The lowest BCUT2D eigenvalue weighted by Gasteiger charge is -2.30. The number of para-hydroxylation sites is 2. The minimum atomic E-state index is -3.07. The zero-order chi connectivity index (χ0) is 22.8. The number of benzene rings is 2. The number of anilines is 2. The van der Waals surface area contributed by atoms with Gasteiger partial charge in [-0.2, -0.15) is 18.9 Å². The number of fused-ring (bicyclic) bond motifs is 1. The van der Waals surface area contributed by atoms with Crippen molar-refractivity contribution in [2.75, 3.05) is 17.7 Å². The van der Waals surface area contributed by atoms with E-state index in [1.54, 1.807) is 31.2 Å². The van der Waals surface area contributed by atoms with Crippen LogP contribution in [0.25, 0.3) is 0 Å². The van der Waals surface area contributed by atoms with E-state index in [9.17, 15) is 13.6 Å². The normalized spacial score (nSPS) is 15.2. The number of hydrogen-bond acceptors (Lipinski definition) is 6. The van der Waals surface area contributed by atoms with Crippen molar-refractivity contribution < 1.29 is 23.0 Å². The number of hydrogen-bond donors (Lipinski definition) is 2. The summed E-state index contributed by atoms with van der Waals surface area (Å²) in [6.45, 7) is -1.39. The highest BCUT2D eigenvalue weighted by Gasteiger charge is 2.36. The van der Waals surface area contributed by atoms with Gasteiger partial charge in [0.1, 0.15) is 23.9 Å². The molecule has 8 nitrogen and oxygen atoms in total. The molecule has 0 saturated carbocycles. The van der Waals surface area contributed by atoms with Crippen LogP contribution >= 0.6 is 11.6 Å². The third-order valence-corrected chi connectivity index (χ3v) is 5.11. The van der Waals surface area contributed by atoms with Crippen molar-refractivity contribution in [3.8, 4) is 11.5 Å². The number of alkyl halides is 2. The number of nitrogens with zero attached hydrogens (tertiary/aromatic N) is 3. The Kier molecular flexibility index (Phi) is 5.95. The molecule has 0 aliphatic carbocycles. The van der Waals surface area contributed by atoms with Gasteiger partial charge >= 0.3 is 6.61 Å². The largest absolute Gasteiger partial charge is 0.495 e. The molecular weight excluding hydrogens is 444 g/mol. The van der Waals surface area contributed by atoms with E-state index in [2.05, 4.69) is 20.7 Å². The van der Waals surface area contributed by atoms with E-state index in [4.69, 9.17) is 21.1 Å². The number of nitrogens with one attached hydrogen (secondary N) is 2. The van der Waals surface area contributed by atoms with Crippen LogP contribution in [0.2, 0.25) is 5.02 Å². The molecule has 0 fully saturated rings. The maximum atomic E-state index is 13.4. The number of allylic oxidation sites excluding steroid dienone is 1. The Morgan fingerprint density at radius 1 is 1.25 bits per heavy atom. The quantitative estimate of drug-likeness (QED) is 0.563. The number of ether oxygens (including phenoxy) is 2. The van der Waals surface area contributed by atoms with E-state index >= 15 is 0 Å². The lowest BCUT2D eigenvalue weighted by molar-refractivity contribution is -0.113. The molecule has 1 amide bonds. The van der Waals surface area contributed by atoms with E-state index in [-0.39, 0.29) is 21.9 Å². The van der Waals surface area contributed by atoms with E-state index in [0.29, 0.717) is 23.1 Å². The van der Waals surface area contributed by atoms with E-state index in [0.717, 1.165) is 0 Å². The summed E-state index contributed by atoms with van der Waals surface area (Å²) in [6.07, 6.45) is 1.29. The van der Waals surface area contributed by atoms with Crippen LogP contribution < -0.4 is 20.1 Å². The first kappa shape index (κ1) is 21.6. The predicted molar refractivity (Wildman–Crippen MR) is 114 cm³/mol. The van der Waals surface area contributed by atoms with Gasteiger partial charge in [-0.15, -0.1) is 0 Å². The van der Waals surface area contributed by atoms with Gasteiger partial charge in [-0.05, 0) is 37.3 Å². The van der Waals surface area contributed by atoms with Crippen molar-refractivity contribution in [1.82, 2.24) is 14.8 Å². The standard InChI is InChI=1S/C21H18ClF2N5O3/c1-11-17(19(30)28-14-5-3-4-6-16(14)31-2)18(29-21(27-11)25-10-26-29)13-9-12(22)7-8-15(13)32-20(23)24/h3-10,18,20H,1-2H3,(H,28,30)(H,25,26,27)/t18-/m0/s1. The van der Waals surface area contributed by atoms with Crippen LogP contribution in [0.5, 0.6) is 11.5 Å². The second-order valence-corrected chi connectivity index (χ2v) is 7.25. The van der Waals surface area contributed by atoms with Crippen LogP contribution in [-0.2, 0) is 4.79 Å². The summed E-state index contributed by atoms with van der Waals surface area (Å²) in [5.41, 5.74) is 1.36. The van der Waals surface area contributed by atoms with Crippen molar-refractivity contribution >= 4 is 29.1 Å². The highest BCUT2D eigenvalue weighted by atomic mass is 35.5. The van der Waals surface area contributed by atoms with Gasteiger partial charge in [0, 0.05) is 16.3 Å². The van der Waals surface area contributed by atoms with Crippen LogP contribution in [-0.4, -0.2) is 34.4 Å². The zero-order valence-electron chi connectivity index (χ0n) is 17.0. The fourth-order valence-electron chi connectivity index (χ4n) is 3.55. The van der Waals surface area contributed by atoms with Gasteiger partial charge in [-0.3, -0.25) is 4.79 Å². The fraction of sp³-hybridized carbons (Fsp3) is 0.190. The highest BCUT2D eigenvalue weighted by molar-refractivity contribution is 6.30. The molecule has 1 aliphatic rings. The summed E-state index contributed by atoms with van der Waals surface area (Å²) in [7, 11) is 1.49. The Balaban J connectivity index is 1.83. The first-order valence-corrected chi connectivity index (χ1v) is 9.82. The van der Waals surface area contributed by atoms with Gasteiger partial charge in [-0.1, -0.05) is 23.7 Å². The van der Waals surface area contributed by atoms with Crippen LogP contribution in [0.1, 0.15) is 18.5 Å². The first-order chi connectivity index (χ1) is 15.4. The maximum Gasteiger partial charge on any atom is 0.387 e. The number of carbonyl (C=O) groups is 1. The summed E-state index contributed by atoms with van der Waals surface area (Å²) in [5, 5.41) is 10.3. The van der Waals surface area contributed by atoms with Crippen molar-refractivity contribution in [3.05, 3.63) is 70.6 Å². The SMILES string of the molecule is COc1ccccc1NC(=O)C1=C(C)Nc2ncnn2[C@H]1c1cc(Cl)ccc1OC(F)F. The molecule has 0 spiro atoms. The molecule has 1 aromatic heterocycles. The summed E-state index contributed by atoms with van der Waals surface area (Å²) in [6, 6.07) is 10.2. The molecule has 0 bridgehead atoms. The summed E-state index contributed by atoms with van der Waals surface area (Å²) in [5.74, 6) is 0.177. The van der Waals surface area contributed by atoms with Gasteiger partial charge in [-0.25, -0.2) is 4.68 Å². The number of rotatable bonds is 6. The molecule has 32 heavy (non-hydrogen) atoms. The number of amides is 1.